The minimum absolute atomic E-state index is 0.0182. The molecule has 252 valence electrons. The van der Waals surface area contributed by atoms with Crippen molar-refractivity contribution >= 4 is 29.3 Å². The quantitative estimate of drug-likeness (QED) is 0.249. The van der Waals surface area contributed by atoms with Crippen LogP contribution in [0.4, 0.5) is 25.0 Å². The molecule has 3 heterocycles. The molecule has 0 radical (unpaired) electrons. The number of likely N-dealkylation sites (tertiary alicyclic amines) is 1. The number of hydrogen-bond donors (Lipinski definition) is 1. The smallest absolute Gasteiger partial charge is 0.410 e. The molecule has 1 N–H and O–H groups in total. The second-order valence-electron chi connectivity index (χ2n) is 13.0. The lowest BCUT2D eigenvalue weighted by Gasteiger charge is -2.39. The summed E-state index contributed by atoms with van der Waals surface area (Å²) >= 11 is 0. The lowest BCUT2D eigenvalue weighted by atomic mass is 9.99. The van der Waals surface area contributed by atoms with Crippen molar-refractivity contribution in [2.45, 2.75) is 57.9 Å². The molecule has 11 nitrogen and oxygen atoms in total. The first-order valence-corrected chi connectivity index (χ1v) is 15.7. The molecular weight excluding hydrogens is 634 g/mol. The standard InChI is InChI=1S/C36H34F2N6O5/c1-22-19-43-31(33(46)44(22)27-13-10-25(11-14-27)36(37,38)24-8-6-5-7-9-24)29(18-40-43)32(45)41-26-12-15-30(23(16-26)17-39)48-28-20-42(21-28)34(47)49-35(2,3)4/h5-16,18,22,28H,19-21H2,1-4H3,(H,41,45)/t22-/m0/s1. The van der Waals surface area contributed by atoms with E-state index in [1.165, 1.54) is 63.1 Å². The minimum atomic E-state index is -3.23. The third-order valence-corrected chi connectivity index (χ3v) is 8.18. The molecule has 0 aliphatic carbocycles. The van der Waals surface area contributed by atoms with E-state index in [-0.39, 0.29) is 46.6 Å². The van der Waals surface area contributed by atoms with Crippen molar-refractivity contribution in [3.05, 3.63) is 107 Å². The molecule has 3 amide bonds. The van der Waals surface area contributed by atoms with E-state index in [2.05, 4.69) is 16.5 Å². The molecule has 49 heavy (non-hydrogen) atoms. The van der Waals surface area contributed by atoms with Crippen LogP contribution in [0.25, 0.3) is 0 Å². The minimum Gasteiger partial charge on any atom is -0.485 e. The Hall–Kier alpha value is -5.77. The summed E-state index contributed by atoms with van der Waals surface area (Å²) in [5.74, 6) is -4.06. The summed E-state index contributed by atoms with van der Waals surface area (Å²) in [4.78, 5) is 42.5. The van der Waals surface area contributed by atoms with Gasteiger partial charge < -0.3 is 24.6 Å². The highest BCUT2D eigenvalue weighted by Gasteiger charge is 2.38. The summed E-state index contributed by atoms with van der Waals surface area (Å²) in [5.41, 5.74) is -0.0365. The molecule has 1 fully saturated rings. The summed E-state index contributed by atoms with van der Waals surface area (Å²) in [6, 6.07) is 19.3. The van der Waals surface area contributed by atoms with Gasteiger partial charge in [-0.1, -0.05) is 42.5 Å². The van der Waals surface area contributed by atoms with Gasteiger partial charge in [-0.3, -0.25) is 14.3 Å². The number of nitrogens with one attached hydrogen (secondary N) is 1. The summed E-state index contributed by atoms with van der Waals surface area (Å²) in [7, 11) is 0. The van der Waals surface area contributed by atoms with Crippen LogP contribution in [0.1, 0.15) is 65.2 Å². The highest BCUT2D eigenvalue weighted by atomic mass is 19.3. The Bertz CT molecular complexity index is 1940. The van der Waals surface area contributed by atoms with Crippen LogP contribution in [0.15, 0.2) is 79.0 Å². The number of nitriles is 1. The van der Waals surface area contributed by atoms with Crippen molar-refractivity contribution in [3.63, 3.8) is 0 Å². The number of hydrogen-bond acceptors (Lipinski definition) is 7. The number of nitrogens with zero attached hydrogens (tertiary/aromatic N) is 5. The first kappa shape index (κ1) is 33.1. The van der Waals surface area contributed by atoms with Crippen molar-refractivity contribution in [2.75, 3.05) is 23.3 Å². The van der Waals surface area contributed by atoms with E-state index in [0.29, 0.717) is 30.2 Å². The SMILES string of the molecule is C[C@H]1Cn2ncc(C(=O)Nc3ccc(OC4CN(C(=O)OC(C)(C)C)C4)c(C#N)c3)c2C(=O)N1c1ccc(C(F)(F)c2ccccc2)cc1. The molecule has 4 aromatic rings. The van der Waals surface area contributed by atoms with Gasteiger partial charge in [-0.05, 0) is 58.0 Å². The maximum atomic E-state index is 15.1. The Kier molecular flexibility index (Phi) is 8.58. The summed E-state index contributed by atoms with van der Waals surface area (Å²) in [6.45, 7) is 8.04. The number of ether oxygens (including phenoxy) is 2. The van der Waals surface area contributed by atoms with E-state index in [9.17, 15) is 19.6 Å². The van der Waals surface area contributed by atoms with Gasteiger partial charge in [0.1, 0.15) is 29.2 Å². The predicted octanol–water partition coefficient (Wildman–Crippen LogP) is 6.19. The number of carbonyl (C=O) groups is 3. The van der Waals surface area contributed by atoms with E-state index in [0.717, 1.165) is 0 Å². The zero-order valence-electron chi connectivity index (χ0n) is 27.3. The van der Waals surface area contributed by atoms with Gasteiger partial charge in [-0.25, -0.2) is 4.79 Å². The van der Waals surface area contributed by atoms with Crippen LogP contribution >= 0.6 is 0 Å². The Labute approximate surface area is 281 Å². The molecular formula is C36H34F2N6O5. The molecule has 1 saturated heterocycles. The first-order chi connectivity index (χ1) is 23.2. The summed E-state index contributed by atoms with van der Waals surface area (Å²) in [5, 5.41) is 16.8. The molecule has 1 atom stereocenters. The number of carbonyl (C=O) groups excluding carboxylic acids is 3. The van der Waals surface area contributed by atoms with Crippen molar-refractivity contribution in [2.24, 2.45) is 0 Å². The van der Waals surface area contributed by atoms with Crippen molar-refractivity contribution in [3.8, 4) is 11.8 Å². The molecule has 0 spiro atoms. The lowest BCUT2D eigenvalue weighted by Crippen LogP contribution is -2.57. The van der Waals surface area contributed by atoms with Crippen LogP contribution in [-0.2, 0) is 17.2 Å². The number of anilines is 2. The maximum absolute atomic E-state index is 15.1. The fourth-order valence-electron chi connectivity index (χ4n) is 5.74. The van der Waals surface area contributed by atoms with E-state index >= 15 is 8.78 Å². The van der Waals surface area contributed by atoms with Gasteiger partial charge in [-0.2, -0.15) is 19.1 Å². The third kappa shape index (κ3) is 6.67. The zero-order chi connectivity index (χ0) is 35.1. The molecule has 2 aliphatic rings. The Morgan fingerprint density at radius 2 is 1.65 bits per heavy atom. The topological polar surface area (TPSA) is 130 Å². The van der Waals surface area contributed by atoms with E-state index < -0.39 is 29.4 Å². The van der Waals surface area contributed by atoms with Gasteiger partial charge in [0.05, 0.1) is 43.0 Å². The van der Waals surface area contributed by atoms with Gasteiger partial charge >= 0.3 is 6.09 Å². The summed E-state index contributed by atoms with van der Waals surface area (Å²) < 4.78 is 43.0. The number of alkyl halides is 2. The number of benzene rings is 3. The van der Waals surface area contributed by atoms with Crippen LogP contribution in [0.3, 0.4) is 0 Å². The molecule has 1 aromatic heterocycles. The number of aromatic nitrogens is 2. The Morgan fingerprint density at radius 1 is 0.980 bits per heavy atom. The second-order valence-corrected chi connectivity index (χ2v) is 13.0. The highest BCUT2D eigenvalue weighted by Crippen LogP contribution is 2.37. The van der Waals surface area contributed by atoms with Crippen molar-refractivity contribution < 1.29 is 32.6 Å². The van der Waals surface area contributed by atoms with Gasteiger partial charge in [0.25, 0.3) is 17.7 Å². The van der Waals surface area contributed by atoms with Crippen LogP contribution in [0.5, 0.6) is 5.75 Å². The molecule has 6 rings (SSSR count). The fraction of sp³-hybridized carbons (Fsp3) is 0.306. The molecule has 0 saturated carbocycles. The largest absolute Gasteiger partial charge is 0.485 e. The Balaban J connectivity index is 1.14. The van der Waals surface area contributed by atoms with Crippen molar-refractivity contribution in [1.82, 2.24) is 14.7 Å². The van der Waals surface area contributed by atoms with Gasteiger partial charge in [0, 0.05) is 22.5 Å². The molecule has 0 unspecified atom stereocenters. The van der Waals surface area contributed by atoms with E-state index in [1.54, 1.807) is 58.0 Å². The van der Waals surface area contributed by atoms with Crippen LogP contribution in [-0.4, -0.2) is 63.4 Å². The van der Waals surface area contributed by atoms with Crippen molar-refractivity contribution in [1.29, 1.82) is 5.26 Å². The van der Waals surface area contributed by atoms with Gasteiger partial charge in [0.2, 0.25) is 0 Å². The molecule has 3 aromatic carbocycles. The third-order valence-electron chi connectivity index (χ3n) is 8.18. The van der Waals surface area contributed by atoms with Crippen LogP contribution in [0.2, 0.25) is 0 Å². The lowest BCUT2D eigenvalue weighted by molar-refractivity contribution is -0.0222. The molecule has 0 bridgehead atoms. The highest BCUT2D eigenvalue weighted by molar-refractivity contribution is 6.15. The van der Waals surface area contributed by atoms with Gasteiger partial charge in [0.15, 0.2) is 0 Å². The number of amides is 3. The normalized spacial score (nSPS) is 16.3. The zero-order valence-corrected chi connectivity index (χ0v) is 27.3. The van der Waals surface area contributed by atoms with Crippen LogP contribution in [0, 0.1) is 11.3 Å². The first-order valence-electron chi connectivity index (χ1n) is 15.7. The molecule has 13 heteroatoms. The Morgan fingerprint density at radius 3 is 2.31 bits per heavy atom. The average molecular weight is 669 g/mol. The fourth-order valence-corrected chi connectivity index (χ4v) is 5.74. The number of rotatable bonds is 7. The maximum Gasteiger partial charge on any atom is 0.410 e. The average Bonchev–Trinajstić information content (AvgIpc) is 3.47. The monoisotopic (exact) mass is 668 g/mol. The van der Waals surface area contributed by atoms with E-state index in [1.807, 2.05) is 0 Å². The van der Waals surface area contributed by atoms with Crippen LogP contribution < -0.4 is 15.0 Å². The van der Waals surface area contributed by atoms with Gasteiger partial charge in [-0.15, -0.1) is 0 Å². The predicted molar refractivity (Wildman–Crippen MR) is 176 cm³/mol. The molecule has 2 aliphatic heterocycles. The number of halogens is 2. The summed E-state index contributed by atoms with van der Waals surface area (Å²) in [6.07, 6.45) is 0.537. The van der Waals surface area contributed by atoms with E-state index in [4.69, 9.17) is 9.47 Å². The number of fused-ring (bicyclic) bond motifs is 1. The second kappa shape index (κ2) is 12.7.